The summed E-state index contributed by atoms with van der Waals surface area (Å²) in [7, 11) is 0. The molecule has 2 aliphatic heterocycles. The molecule has 0 N–H and O–H groups in total. The summed E-state index contributed by atoms with van der Waals surface area (Å²) in [6.07, 6.45) is 4.30. The third-order valence-corrected chi connectivity index (χ3v) is 9.93. The summed E-state index contributed by atoms with van der Waals surface area (Å²) in [5.41, 5.74) is 0. The Labute approximate surface area is 113 Å². The zero-order valence-corrected chi connectivity index (χ0v) is 12.1. The molecule has 0 spiro atoms. The lowest BCUT2D eigenvalue weighted by atomic mass is 10.3. The van der Waals surface area contributed by atoms with Gasteiger partial charge in [-0.25, -0.2) is 0 Å². The summed E-state index contributed by atoms with van der Waals surface area (Å²) in [5, 5.41) is 0. The molecule has 0 amide bonds. The van der Waals surface area contributed by atoms with Crippen LogP contribution in [0.25, 0.3) is 0 Å². The van der Waals surface area contributed by atoms with Crippen molar-refractivity contribution in [2.24, 2.45) is 0 Å². The van der Waals surface area contributed by atoms with Gasteiger partial charge in [0.1, 0.15) is 20.7 Å². The summed E-state index contributed by atoms with van der Waals surface area (Å²) in [6.45, 7) is 0. The number of thioether (sulfide) groups is 4. The second-order valence-corrected chi connectivity index (χ2v) is 9.55. The Hall–Kier alpha value is 0.740. The Morgan fingerprint density at radius 2 is 1.00 bits per heavy atom. The lowest BCUT2D eigenvalue weighted by Gasteiger charge is -2.45. The first kappa shape index (κ1) is 13.2. The van der Waals surface area contributed by atoms with E-state index >= 15 is 0 Å². The van der Waals surface area contributed by atoms with E-state index in [0.29, 0.717) is 0 Å². The Kier molecular flexibility index (Phi) is 4.60. The molecule has 2 fully saturated rings. The predicted molar refractivity (Wildman–Crippen MR) is 76.7 cm³/mol. The van der Waals surface area contributed by atoms with E-state index in [0.717, 1.165) is 48.4 Å². The molecular formula is C10H14O2S4. The standard InChI is InChI=1S/C10H14O2S4/c11-7-9(13-3-1-4-14-9)10(8-12)15-5-2-6-16-10/h7-8H,1-6H2. The number of carbonyl (C=O) groups is 2. The summed E-state index contributed by atoms with van der Waals surface area (Å²) in [5.74, 6) is 3.95. The molecule has 2 heterocycles. The fourth-order valence-corrected chi connectivity index (χ4v) is 8.88. The normalized spacial score (nSPS) is 28.2. The molecule has 2 saturated heterocycles. The van der Waals surface area contributed by atoms with Crippen molar-refractivity contribution in [3.8, 4) is 0 Å². The van der Waals surface area contributed by atoms with Crippen LogP contribution >= 0.6 is 47.0 Å². The molecule has 0 bridgehead atoms. The number of hydrogen-bond donors (Lipinski definition) is 0. The molecule has 0 radical (unpaired) electrons. The monoisotopic (exact) mass is 294 g/mol. The highest BCUT2D eigenvalue weighted by Gasteiger charge is 2.55. The van der Waals surface area contributed by atoms with Gasteiger partial charge in [0.2, 0.25) is 0 Å². The molecule has 0 unspecified atom stereocenters. The maximum absolute atomic E-state index is 11.5. The minimum atomic E-state index is -0.553. The van der Waals surface area contributed by atoms with Gasteiger partial charge in [-0.15, -0.1) is 47.0 Å². The summed E-state index contributed by atoms with van der Waals surface area (Å²) < 4.78 is -1.11. The van der Waals surface area contributed by atoms with Crippen LogP contribution in [0.1, 0.15) is 12.8 Å². The molecule has 6 heteroatoms. The Balaban J connectivity index is 2.28. The van der Waals surface area contributed by atoms with Gasteiger partial charge in [0.05, 0.1) is 0 Å². The summed E-state index contributed by atoms with van der Waals surface area (Å²) >= 11 is 6.65. The largest absolute Gasteiger partial charge is 0.301 e. The van der Waals surface area contributed by atoms with E-state index in [2.05, 4.69) is 0 Å². The fraction of sp³-hybridized carbons (Fsp3) is 0.800. The van der Waals surface area contributed by atoms with Crippen LogP contribution in [0.2, 0.25) is 0 Å². The molecule has 0 aromatic rings. The number of aldehydes is 2. The smallest absolute Gasteiger partial charge is 0.148 e. The van der Waals surface area contributed by atoms with Crippen LogP contribution < -0.4 is 0 Å². The molecule has 0 atom stereocenters. The minimum Gasteiger partial charge on any atom is -0.301 e. The van der Waals surface area contributed by atoms with Crippen molar-refractivity contribution < 1.29 is 9.59 Å². The molecule has 2 nitrogen and oxygen atoms in total. The molecule has 2 rings (SSSR count). The van der Waals surface area contributed by atoms with Crippen LogP contribution in [0.3, 0.4) is 0 Å². The molecule has 0 saturated carbocycles. The third-order valence-electron chi connectivity index (χ3n) is 2.64. The van der Waals surface area contributed by atoms with Crippen LogP contribution in [0.4, 0.5) is 0 Å². The van der Waals surface area contributed by atoms with E-state index in [9.17, 15) is 9.59 Å². The Bertz CT molecular complexity index is 242. The van der Waals surface area contributed by atoms with Gasteiger partial charge in [-0.1, -0.05) is 0 Å². The average molecular weight is 294 g/mol. The Morgan fingerprint density at radius 1 is 0.688 bits per heavy atom. The van der Waals surface area contributed by atoms with Crippen molar-refractivity contribution >= 4 is 59.6 Å². The highest BCUT2D eigenvalue weighted by atomic mass is 32.2. The van der Waals surface area contributed by atoms with Crippen molar-refractivity contribution in [1.29, 1.82) is 0 Å². The molecule has 2 aliphatic rings. The number of hydrogen-bond acceptors (Lipinski definition) is 6. The first-order valence-corrected chi connectivity index (χ1v) is 9.21. The predicted octanol–water partition coefficient (Wildman–Crippen LogP) is 2.52. The maximum atomic E-state index is 11.5. The lowest BCUT2D eigenvalue weighted by Crippen LogP contribution is -2.50. The second-order valence-electron chi connectivity index (χ2n) is 3.67. The second kappa shape index (κ2) is 5.59. The van der Waals surface area contributed by atoms with Gasteiger partial charge in [0.25, 0.3) is 0 Å². The third kappa shape index (κ3) is 2.18. The van der Waals surface area contributed by atoms with E-state index in [1.165, 1.54) is 0 Å². The van der Waals surface area contributed by atoms with Crippen LogP contribution in [0, 0.1) is 0 Å². The fourth-order valence-electron chi connectivity index (χ4n) is 1.80. The van der Waals surface area contributed by atoms with Crippen molar-refractivity contribution in [1.82, 2.24) is 0 Å². The van der Waals surface area contributed by atoms with Crippen molar-refractivity contribution in [2.75, 3.05) is 23.0 Å². The molecular weight excluding hydrogens is 280 g/mol. The van der Waals surface area contributed by atoms with Gasteiger partial charge in [0, 0.05) is 0 Å². The zero-order valence-electron chi connectivity index (χ0n) is 8.85. The summed E-state index contributed by atoms with van der Waals surface area (Å²) in [4.78, 5) is 23.0. The van der Waals surface area contributed by atoms with Crippen LogP contribution in [-0.2, 0) is 9.59 Å². The van der Waals surface area contributed by atoms with E-state index in [4.69, 9.17) is 0 Å². The van der Waals surface area contributed by atoms with Gasteiger partial charge in [-0.2, -0.15) is 0 Å². The highest BCUT2D eigenvalue weighted by Crippen LogP contribution is 2.59. The van der Waals surface area contributed by atoms with Crippen molar-refractivity contribution in [2.45, 2.75) is 21.0 Å². The summed E-state index contributed by atoms with van der Waals surface area (Å²) in [6, 6.07) is 0. The highest BCUT2D eigenvalue weighted by molar-refractivity contribution is 8.27. The first-order chi connectivity index (χ1) is 7.79. The number of rotatable bonds is 3. The lowest BCUT2D eigenvalue weighted by molar-refractivity contribution is -0.112. The maximum Gasteiger partial charge on any atom is 0.148 e. The number of carbonyl (C=O) groups excluding carboxylic acids is 2. The molecule has 0 aliphatic carbocycles. The van der Waals surface area contributed by atoms with E-state index in [1.807, 2.05) is 0 Å². The quantitative estimate of drug-likeness (QED) is 0.744. The van der Waals surface area contributed by atoms with Crippen molar-refractivity contribution in [3.05, 3.63) is 0 Å². The van der Waals surface area contributed by atoms with E-state index in [1.54, 1.807) is 47.0 Å². The molecule has 0 aromatic heterocycles. The van der Waals surface area contributed by atoms with Crippen LogP contribution in [-0.4, -0.2) is 43.7 Å². The van der Waals surface area contributed by atoms with Gasteiger partial charge in [0.15, 0.2) is 0 Å². The van der Waals surface area contributed by atoms with Gasteiger partial charge in [-0.05, 0) is 35.9 Å². The van der Waals surface area contributed by atoms with Gasteiger partial charge in [-0.3, -0.25) is 0 Å². The molecule has 0 aromatic carbocycles. The molecule has 90 valence electrons. The van der Waals surface area contributed by atoms with E-state index in [-0.39, 0.29) is 0 Å². The Morgan fingerprint density at radius 3 is 1.25 bits per heavy atom. The van der Waals surface area contributed by atoms with Crippen LogP contribution in [0.5, 0.6) is 0 Å². The average Bonchev–Trinajstić information content (AvgIpc) is 2.40. The first-order valence-electron chi connectivity index (χ1n) is 5.27. The SMILES string of the molecule is O=CC1(C2(C=O)SCCCS2)SCCCS1. The minimum absolute atomic E-state index is 0.553. The topological polar surface area (TPSA) is 34.1 Å². The van der Waals surface area contributed by atoms with Gasteiger partial charge < -0.3 is 9.59 Å². The van der Waals surface area contributed by atoms with Gasteiger partial charge >= 0.3 is 0 Å². The zero-order chi connectivity index (χ0) is 11.5. The van der Waals surface area contributed by atoms with E-state index < -0.39 is 8.16 Å². The van der Waals surface area contributed by atoms with Crippen molar-refractivity contribution in [3.63, 3.8) is 0 Å². The van der Waals surface area contributed by atoms with Crippen LogP contribution in [0.15, 0.2) is 0 Å². The molecule has 16 heavy (non-hydrogen) atoms.